The third kappa shape index (κ3) is 3.28. The minimum atomic E-state index is 0.999. The van der Waals surface area contributed by atoms with E-state index in [1.165, 1.54) is 5.69 Å². The summed E-state index contributed by atoms with van der Waals surface area (Å²) in [5.74, 6) is 0. The molecule has 0 saturated heterocycles. The molecule has 1 aromatic rings. The Balaban J connectivity index is 2.55. The van der Waals surface area contributed by atoms with Crippen LogP contribution in [-0.2, 0) is 0 Å². The number of benzene rings is 1. The van der Waals surface area contributed by atoms with E-state index in [0.29, 0.717) is 0 Å². The van der Waals surface area contributed by atoms with E-state index in [-0.39, 0.29) is 0 Å². The standard InChI is InChI=1S/C10H16N2S/c1-11-7-8-12(2)9-3-5-10(13)6-4-9/h3-6,11,13H,7-8H2,1-2H3. The minimum Gasteiger partial charge on any atom is -0.373 e. The zero-order valence-corrected chi connectivity index (χ0v) is 9.01. The van der Waals surface area contributed by atoms with Crippen molar-refractivity contribution in [3.8, 4) is 0 Å². The number of rotatable bonds is 4. The Bertz CT molecular complexity index is 246. The summed E-state index contributed by atoms with van der Waals surface area (Å²) in [6.07, 6.45) is 0. The number of thiol groups is 1. The molecule has 0 aliphatic heterocycles. The molecule has 0 aromatic heterocycles. The summed E-state index contributed by atoms with van der Waals surface area (Å²) in [4.78, 5) is 3.22. The van der Waals surface area contributed by atoms with Gasteiger partial charge in [-0.05, 0) is 31.3 Å². The molecule has 2 nitrogen and oxygen atoms in total. The highest BCUT2D eigenvalue weighted by molar-refractivity contribution is 7.80. The van der Waals surface area contributed by atoms with E-state index in [0.717, 1.165) is 18.0 Å². The fourth-order valence-corrected chi connectivity index (χ4v) is 1.26. The second kappa shape index (κ2) is 5.14. The highest BCUT2D eigenvalue weighted by Gasteiger charge is 1.98. The molecule has 0 spiro atoms. The molecule has 1 N–H and O–H groups in total. The molecular formula is C10H16N2S. The maximum atomic E-state index is 4.24. The van der Waals surface area contributed by atoms with E-state index in [2.05, 4.69) is 42.0 Å². The second-order valence-corrected chi connectivity index (χ2v) is 3.56. The molecule has 13 heavy (non-hydrogen) atoms. The average molecular weight is 196 g/mol. The smallest absolute Gasteiger partial charge is 0.0364 e. The Morgan fingerprint density at radius 1 is 1.31 bits per heavy atom. The molecular weight excluding hydrogens is 180 g/mol. The van der Waals surface area contributed by atoms with Gasteiger partial charge in [0.25, 0.3) is 0 Å². The van der Waals surface area contributed by atoms with Crippen molar-refractivity contribution in [2.45, 2.75) is 4.90 Å². The van der Waals surface area contributed by atoms with Gasteiger partial charge in [-0.25, -0.2) is 0 Å². The van der Waals surface area contributed by atoms with Crippen molar-refractivity contribution in [3.63, 3.8) is 0 Å². The predicted octanol–water partition coefficient (Wildman–Crippen LogP) is 1.63. The summed E-state index contributed by atoms with van der Waals surface area (Å²) in [6.45, 7) is 2.02. The highest BCUT2D eigenvalue weighted by Crippen LogP contribution is 2.14. The van der Waals surface area contributed by atoms with Gasteiger partial charge in [-0.2, -0.15) is 0 Å². The van der Waals surface area contributed by atoms with Crippen LogP contribution < -0.4 is 10.2 Å². The van der Waals surface area contributed by atoms with Crippen LogP contribution in [0, 0.1) is 0 Å². The van der Waals surface area contributed by atoms with Gasteiger partial charge in [0.05, 0.1) is 0 Å². The molecule has 0 aliphatic rings. The molecule has 0 radical (unpaired) electrons. The topological polar surface area (TPSA) is 15.3 Å². The van der Waals surface area contributed by atoms with E-state index < -0.39 is 0 Å². The number of hydrogen-bond donors (Lipinski definition) is 2. The van der Waals surface area contributed by atoms with E-state index in [4.69, 9.17) is 0 Å². The number of hydrogen-bond acceptors (Lipinski definition) is 3. The summed E-state index contributed by atoms with van der Waals surface area (Å²) in [5, 5.41) is 3.12. The van der Waals surface area contributed by atoms with E-state index in [9.17, 15) is 0 Å². The van der Waals surface area contributed by atoms with Crippen LogP contribution in [0.25, 0.3) is 0 Å². The molecule has 0 aliphatic carbocycles. The molecule has 0 heterocycles. The summed E-state index contributed by atoms with van der Waals surface area (Å²) < 4.78 is 0. The lowest BCUT2D eigenvalue weighted by Gasteiger charge is -2.18. The molecule has 0 atom stereocenters. The molecule has 0 amide bonds. The van der Waals surface area contributed by atoms with Crippen molar-refractivity contribution in [2.75, 3.05) is 32.1 Å². The summed E-state index contributed by atoms with van der Waals surface area (Å²) in [5.41, 5.74) is 1.23. The van der Waals surface area contributed by atoms with E-state index >= 15 is 0 Å². The van der Waals surface area contributed by atoms with Gasteiger partial charge in [-0.15, -0.1) is 12.6 Å². The van der Waals surface area contributed by atoms with Gasteiger partial charge in [0.1, 0.15) is 0 Å². The lowest BCUT2D eigenvalue weighted by atomic mass is 10.3. The maximum absolute atomic E-state index is 4.24. The molecule has 72 valence electrons. The van der Waals surface area contributed by atoms with Crippen LogP contribution in [0.1, 0.15) is 0 Å². The van der Waals surface area contributed by atoms with Crippen molar-refractivity contribution in [1.82, 2.24) is 5.32 Å². The first-order chi connectivity index (χ1) is 6.24. The van der Waals surface area contributed by atoms with Gasteiger partial charge in [0.2, 0.25) is 0 Å². The molecule has 1 rings (SSSR count). The molecule has 3 heteroatoms. The first-order valence-corrected chi connectivity index (χ1v) is 4.83. The lowest BCUT2D eigenvalue weighted by molar-refractivity contribution is 0.767. The highest BCUT2D eigenvalue weighted by atomic mass is 32.1. The van der Waals surface area contributed by atoms with Crippen LogP contribution in [-0.4, -0.2) is 27.2 Å². The Morgan fingerprint density at radius 3 is 2.46 bits per heavy atom. The summed E-state index contributed by atoms with van der Waals surface area (Å²) in [6, 6.07) is 8.18. The van der Waals surface area contributed by atoms with Crippen molar-refractivity contribution in [2.24, 2.45) is 0 Å². The van der Waals surface area contributed by atoms with Gasteiger partial charge in [-0.3, -0.25) is 0 Å². The summed E-state index contributed by atoms with van der Waals surface area (Å²) >= 11 is 4.24. The van der Waals surface area contributed by atoms with Crippen LogP contribution in [0.2, 0.25) is 0 Å². The Kier molecular flexibility index (Phi) is 4.12. The minimum absolute atomic E-state index is 0.999. The molecule has 1 aromatic carbocycles. The van der Waals surface area contributed by atoms with Gasteiger partial charge in [0.15, 0.2) is 0 Å². The monoisotopic (exact) mass is 196 g/mol. The Labute approximate surface area is 85.4 Å². The third-order valence-corrected chi connectivity index (χ3v) is 2.29. The maximum Gasteiger partial charge on any atom is 0.0364 e. The zero-order valence-electron chi connectivity index (χ0n) is 8.12. The molecule has 0 bridgehead atoms. The van der Waals surface area contributed by atoms with Crippen LogP contribution in [0.15, 0.2) is 29.2 Å². The lowest BCUT2D eigenvalue weighted by Crippen LogP contribution is -2.26. The molecule has 0 unspecified atom stereocenters. The number of nitrogens with one attached hydrogen (secondary N) is 1. The predicted molar refractivity (Wildman–Crippen MR) is 60.9 cm³/mol. The van der Waals surface area contributed by atoms with Gasteiger partial charge >= 0.3 is 0 Å². The van der Waals surface area contributed by atoms with E-state index in [1.54, 1.807) is 0 Å². The number of anilines is 1. The molecule has 0 saturated carbocycles. The second-order valence-electron chi connectivity index (χ2n) is 3.04. The van der Waals surface area contributed by atoms with Gasteiger partial charge in [-0.1, -0.05) is 0 Å². The quantitative estimate of drug-likeness (QED) is 0.712. The van der Waals surface area contributed by atoms with Crippen LogP contribution in [0.4, 0.5) is 5.69 Å². The van der Waals surface area contributed by atoms with Crippen LogP contribution in [0.5, 0.6) is 0 Å². The number of nitrogens with zero attached hydrogens (tertiary/aromatic N) is 1. The third-order valence-electron chi connectivity index (χ3n) is 1.99. The van der Waals surface area contributed by atoms with Crippen molar-refractivity contribution in [3.05, 3.63) is 24.3 Å². The Morgan fingerprint density at radius 2 is 1.92 bits per heavy atom. The summed E-state index contributed by atoms with van der Waals surface area (Å²) in [7, 11) is 4.05. The van der Waals surface area contributed by atoms with Crippen molar-refractivity contribution >= 4 is 18.3 Å². The molecule has 0 fully saturated rings. The average Bonchev–Trinajstić information content (AvgIpc) is 2.15. The zero-order chi connectivity index (χ0) is 9.68. The first-order valence-electron chi connectivity index (χ1n) is 4.39. The van der Waals surface area contributed by atoms with Crippen molar-refractivity contribution in [1.29, 1.82) is 0 Å². The van der Waals surface area contributed by atoms with Crippen molar-refractivity contribution < 1.29 is 0 Å². The number of likely N-dealkylation sites (N-methyl/N-ethyl adjacent to an activating group) is 2. The largest absolute Gasteiger partial charge is 0.373 e. The fourth-order valence-electron chi connectivity index (χ4n) is 1.12. The van der Waals surface area contributed by atoms with Gasteiger partial charge < -0.3 is 10.2 Å². The normalized spacial score (nSPS) is 10.1. The fraction of sp³-hybridized carbons (Fsp3) is 0.400. The van der Waals surface area contributed by atoms with Gasteiger partial charge in [0, 0.05) is 30.7 Å². The Hall–Kier alpha value is -0.670. The first kappa shape index (κ1) is 10.4. The van der Waals surface area contributed by atoms with Crippen LogP contribution in [0.3, 0.4) is 0 Å². The van der Waals surface area contributed by atoms with Crippen LogP contribution >= 0.6 is 12.6 Å². The SMILES string of the molecule is CNCCN(C)c1ccc(S)cc1. The van der Waals surface area contributed by atoms with E-state index in [1.807, 2.05) is 19.2 Å².